The largest absolute Gasteiger partial charge is 0.497 e. The van der Waals surface area contributed by atoms with Crippen LogP contribution in [0.5, 0.6) is 5.75 Å². The minimum absolute atomic E-state index is 0.0584. The van der Waals surface area contributed by atoms with Crippen LogP contribution in [-0.4, -0.2) is 61.1 Å². The molecule has 0 aliphatic carbocycles. The molecule has 9 nitrogen and oxygen atoms in total. The normalized spacial score (nSPS) is 15.7. The molecule has 2 aromatic rings. The lowest BCUT2D eigenvalue weighted by Gasteiger charge is -2.32. The highest BCUT2D eigenvalue weighted by molar-refractivity contribution is 7.90. The van der Waals surface area contributed by atoms with Gasteiger partial charge in [-0.15, -0.1) is 0 Å². The second-order valence-electron chi connectivity index (χ2n) is 8.74. The maximum absolute atomic E-state index is 13.5. The van der Waals surface area contributed by atoms with Crippen LogP contribution >= 0.6 is 0 Å². The van der Waals surface area contributed by atoms with Crippen molar-refractivity contribution in [3.63, 3.8) is 0 Å². The summed E-state index contributed by atoms with van der Waals surface area (Å²) >= 11 is 0. The van der Waals surface area contributed by atoms with E-state index in [2.05, 4.69) is 5.32 Å². The number of nitrogens with zero attached hydrogens (tertiary/aromatic N) is 2. The van der Waals surface area contributed by atoms with Crippen LogP contribution in [0.2, 0.25) is 0 Å². The van der Waals surface area contributed by atoms with E-state index in [1.165, 1.54) is 17.0 Å². The first kappa shape index (κ1) is 27.2. The van der Waals surface area contributed by atoms with E-state index < -0.39 is 27.9 Å². The van der Waals surface area contributed by atoms with Crippen molar-refractivity contribution in [3.8, 4) is 5.75 Å². The first-order valence-corrected chi connectivity index (χ1v) is 13.5. The van der Waals surface area contributed by atoms with Gasteiger partial charge in [0.25, 0.3) is 15.9 Å². The first-order valence-electron chi connectivity index (χ1n) is 12.0. The lowest BCUT2D eigenvalue weighted by molar-refractivity contribution is -0.141. The number of rotatable bonds is 11. The van der Waals surface area contributed by atoms with Gasteiger partial charge in [0.15, 0.2) is 0 Å². The number of benzene rings is 2. The van der Waals surface area contributed by atoms with Crippen molar-refractivity contribution in [2.75, 3.05) is 13.7 Å². The number of sulfonamides is 1. The van der Waals surface area contributed by atoms with Gasteiger partial charge < -0.3 is 15.0 Å². The number of carbonyl (C=O) groups is 3. The second-order valence-corrected chi connectivity index (χ2v) is 10.6. The molecule has 0 saturated heterocycles. The molecule has 1 aliphatic rings. The summed E-state index contributed by atoms with van der Waals surface area (Å²) in [6.07, 6.45) is 0.864. The van der Waals surface area contributed by atoms with Gasteiger partial charge >= 0.3 is 0 Å². The minimum atomic E-state index is -4.03. The molecule has 0 saturated carbocycles. The number of amides is 3. The van der Waals surface area contributed by atoms with E-state index in [1.54, 1.807) is 31.4 Å². The molecule has 3 rings (SSSR count). The Balaban J connectivity index is 1.83. The van der Waals surface area contributed by atoms with Crippen LogP contribution < -0.4 is 10.1 Å². The smallest absolute Gasteiger partial charge is 0.269 e. The molecule has 0 bridgehead atoms. The van der Waals surface area contributed by atoms with E-state index in [4.69, 9.17) is 4.74 Å². The molecular weight excluding hydrogens is 482 g/mol. The standard InChI is InChI=1S/C26H33N3O6S/c1-5-18(3)27-25(31)22(6-2)28(17-19-11-13-20(35-4)14-12-19)24(30)15-16-29-26(32)21-9-7-8-10-23(21)36(29,33)34/h7-14,18,22H,5-6,15-17H2,1-4H3,(H,27,31)/t18-,22-/m0/s1. The molecule has 0 aromatic heterocycles. The summed E-state index contributed by atoms with van der Waals surface area (Å²) in [5, 5.41) is 2.94. The van der Waals surface area contributed by atoms with Gasteiger partial charge in [-0.05, 0) is 49.6 Å². The highest BCUT2D eigenvalue weighted by Gasteiger charge is 2.41. The lowest BCUT2D eigenvalue weighted by atomic mass is 10.1. The summed E-state index contributed by atoms with van der Waals surface area (Å²) in [4.78, 5) is 40.7. The highest BCUT2D eigenvalue weighted by Crippen LogP contribution is 2.30. The van der Waals surface area contributed by atoms with Crippen molar-refractivity contribution in [2.24, 2.45) is 0 Å². The van der Waals surface area contributed by atoms with Crippen LogP contribution in [-0.2, 0) is 26.2 Å². The Bertz CT molecular complexity index is 1210. The third-order valence-electron chi connectivity index (χ3n) is 6.34. The molecule has 0 spiro atoms. The van der Waals surface area contributed by atoms with E-state index in [9.17, 15) is 22.8 Å². The predicted molar refractivity (Wildman–Crippen MR) is 135 cm³/mol. The Labute approximate surface area is 212 Å². The fraction of sp³-hybridized carbons (Fsp3) is 0.423. The zero-order chi connectivity index (χ0) is 26.5. The van der Waals surface area contributed by atoms with Crippen molar-refractivity contribution in [1.82, 2.24) is 14.5 Å². The molecule has 0 radical (unpaired) electrons. The van der Waals surface area contributed by atoms with E-state index in [-0.39, 0.29) is 41.9 Å². The van der Waals surface area contributed by atoms with Gasteiger partial charge in [-0.1, -0.05) is 38.1 Å². The molecule has 1 heterocycles. The first-order chi connectivity index (χ1) is 17.1. The van der Waals surface area contributed by atoms with Gasteiger partial charge in [-0.25, -0.2) is 12.7 Å². The molecule has 1 aliphatic heterocycles. The van der Waals surface area contributed by atoms with Gasteiger partial charge in [0.1, 0.15) is 16.7 Å². The summed E-state index contributed by atoms with van der Waals surface area (Å²) in [7, 11) is -2.47. The van der Waals surface area contributed by atoms with E-state index in [0.29, 0.717) is 12.2 Å². The zero-order valence-electron chi connectivity index (χ0n) is 21.1. The molecule has 0 unspecified atom stereocenters. The summed E-state index contributed by atoms with van der Waals surface area (Å²) in [6, 6.07) is 12.3. The number of carbonyl (C=O) groups excluding carboxylic acids is 3. The van der Waals surface area contributed by atoms with E-state index in [0.717, 1.165) is 16.3 Å². The molecule has 10 heteroatoms. The minimum Gasteiger partial charge on any atom is -0.497 e. The van der Waals surface area contributed by atoms with Crippen LogP contribution in [0.1, 0.15) is 56.0 Å². The molecule has 36 heavy (non-hydrogen) atoms. The number of fused-ring (bicyclic) bond motifs is 1. The summed E-state index contributed by atoms with van der Waals surface area (Å²) < 4.78 is 31.7. The molecule has 2 atom stereocenters. The van der Waals surface area contributed by atoms with Crippen LogP contribution in [0.3, 0.4) is 0 Å². The number of hydrogen-bond acceptors (Lipinski definition) is 6. The fourth-order valence-electron chi connectivity index (χ4n) is 4.08. The second kappa shape index (κ2) is 11.6. The van der Waals surface area contributed by atoms with Crippen LogP contribution in [0, 0.1) is 0 Å². The zero-order valence-corrected chi connectivity index (χ0v) is 21.9. The Morgan fingerprint density at radius 3 is 2.31 bits per heavy atom. The molecule has 2 aromatic carbocycles. The van der Waals surface area contributed by atoms with Crippen molar-refractivity contribution in [1.29, 1.82) is 0 Å². The maximum atomic E-state index is 13.5. The number of nitrogens with one attached hydrogen (secondary N) is 1. The van der Waals surface area contributed by atoms with Crippen LogP contribution in [0.15, 0.2) is 53.4 Å². The highest BCUT2D eigenvalue weighted by atomic mass is 32.2. The Kier molecular flexibility index (Phi) is 8.73. The van der Waals surface area contributed by atoms with Gasteiger partial charge in [0, 0.05) is 25.6 Å². The van der Waals surface area contributed by atoms with Crippen molar-refractivity contribution < 1.29 is 27.5 Å². The predicted octanol–water partition coefficient (Wildman–Crippen LogP) is 2.95. The number of methoxy groups -OCH3 is 1. The van der Waals surface area contributed by atoms with E-state index >= 15 is 0 Å². The molecule has 194 valence electrons. The third kappa shape index (κ3) is 5.70. The molecule has 1 N–H and O–H groups in total. The third-order valence-corrected chi connectivity index (χ3v) is 8.18. The molecule has 3 amide bonds. The summed E-state index contributed by atoms with van der Waals surface area (Å²) in [5.74, 6) is -0.681. The van der Waals surface area contributed by atoms with Crippen molar-refractivity contribution in [2.45, 2.75) is 63.6 Å². The Hall–Kier alpha value is -3.40. The van der Waals surface area contributed by atoms with E-state index in [1.807, 2.05) is 32.9 Å². The van der Waals surface area contributed by atoms with Gasteiger partial charge in [-0.3, -0.25) is 14.4 Å². The average molecular weight is 516 g/mol. The van der Waals surface area contributed by atoms with Crippen LogP contribution in [0.4, 0.5) is 0 Å². The Morgan fingerprint density at radius 1 is 1.06 bits per heavy atom. The summed E-state index contributed by atoms with van der Waals surface area (Å²) in [6.45, 7) is 5.51. The van der Waals surface area contributed by atoms with Crippen molar-refractivity contribution in [3.05, 3.63) is 59.7 Å². The molecule has 0 fully saturated rings. The number of ether oxygens (including phenoxy) is 1. The van der Waals surface area contributed by atoms with Crippen LogP contribution in [0.25, 0.3) is 0 Å². The molecular formula is C26H33N3O6S. The van der Waals surface area contributed by atoms with Crippen molar-refractivity contribution >= 4 is 27.7 Å². The monoisotopic (exact) mass is 515 g/mol. The number of hydrogen-bond donors (Lipinski definition) is 1. The Morgan fingerprint density at radius 2 is 1.72 bits per heavy atom. The SMILES string of the molecule is CC[C@H](C)NC(=O)[C@H](CC)N(Cc1ccc(OC)cc1)C(=O)CCN1C(=O)c2ccccc2S1(=O)=O. The van der Waals surface area contributed by atoms with Gasteiger partial charge in [0.2, 0.25) is 11.8 Å². The quantitative estimate of drug-likeness (QED) is 0.492. The lowest BCUT2D eigenvalue weighted by Crippen LogP contribution is -2.51. The topological polar surface area (TPSA) is 113 Å². The maximum Gasteiger partial charge on any atom is 0.269 e. The summed E-state index contributed by atoms with van der Waals surface area (Å²) in [5.41, 5.74) is 0.885. The average Bonchev–Trinajstić information content (AvgIpc) is 3.07. The van der Waals surface area contributed by atoms with Gasteiger partial charge in [0.05, 0.1) is 12.7 Å². The van der Waals surface area contributed by atoms with Gasteiger partial charge in [-0.2, -0.15) is 0 Å². The fourth-order valence-corrected chi connectivity index (χ4v) is 5.65.